The molecule has 0 atom stereocenters. The van der Waals surface area contributed by atoms with Gasteiger partial charge in [-0.15, -0.1) is 0 Å². The van der Waals surface area contributed by atoms with Crippen LogP contribution in [0.1, 0.15) is 20.7 Å². The second kappa shape index (κ2) is 5.41. The van der Waals surface area contributed by atoms with Gasteiger partial charge in [0, 0.05) is 17.8 Å². The fourth-order valence-corrected chi connectivity index (χ4v) is 3.07. The zero-order chi connectivity index (χ0) is 16.6. The Morgan fingerprint density at radius 3 is 2.52 bits per heavy atom. The largest absolute Gasteiger partial charge is 0.351 e. The number of benzene rings is 1. The number of allylic oxidation sites excluding steroid dienone is 2. The number of hydrogen-bond donors (Lipinski definition) is 2. The Morgan fingerprint density at radius 2 is 1.87 bits per heavy atom. The van der Waals surface area contributed by atoms with Gasteiger partial charge in [-0.1, -0.05) is 12.1 Å². The molecule has 0 amide bonds. The van der Waals surface area contributed by atoms with Crippen LogP contribution in [-0.2, 0) is 10.0 Å². The molecule has 3 rings (SSSR count). The summed E-state index contributed by atoms with van der Waals surface area (Å²) in [5.41, 5.74) is 0.375. The van der Waals surface area contributed by atoms with Crippen molar-refractivity contribution in [2.75, 3.05) is 5.32 Å². The Labute approximate surface area is 131 Å². The van der Waals surface area contributed by atoms with Crippen LogP contribution in [0, 0.1) is 0 Å². The number of pyridine rings is 1. The van der Waals surface area contributed by atoms with Crippen molar-refractivity contribution in [1.82, 2.24) is 4.98 Å². The molecular weight excluding hydrogens is 318 g/mol. The number of rotatable bonds is 3. The molecule has 0 radical (unpaired) electrons. The molecule has 0 saturated heterocycles. The number of Topliss-reactive ketones (excluding diaryl/α,β-unsaturated/α-hetero) is 1. The molecule has 0 saturated carbocycles. The van der Waals surface area contributed by atoms with E-state index in [0.717, 1.165) is 6.08 Å². The topological polar surface area (TPSA) is 119 Å². The van der Waals surface area contributed by atoms with E-state index in [1.54, 1.807) is 18.3 Å². The first kappa shape index (κ1) is 15.1. The monoisotopic (exact) mass is 329 g/mol. The highest BCUT2D eigenvalue weighted by molar-refractivity contribution is 7.89. The Hall–Kier alpha value is -2.84. The van der Waals surface area contributed by atoms with E-state index in [2.05, 4.69) is 10.3 Å². The van der Waals surface area contributed by atoms with Crippen LogP contribution < -0.4 is 10.5 Å². The molecule has 1 aromatic carbocycles. The first-order chi connectivity index (χ1) is 10.9. The number of nitrogens with two attached hydrogens (primary N) is 1. The maximum absolute atomic E-state index is 12.5. The van der Waals surface area contributed by atoms with Gasteiger partial charge in [-0.2, -0.15) is 0 Å². The number of carbonyl (C=O) groups is 2. The highest BCUT2D eigenvalue weighted by Crippen LogP contribution is 2.27. The molecule has 116 valence electrons. The van der Waals surface area contributed by atoms with Gasteiger partial charge in [0.1, 0.15) is 0 Å². The molecule has 0 fully saturated rings. The van der Waals surface area contributed by atoms with Crippen LogP contribution in [0.4, 0.5) is 5.69 Å². The minimum Gasteiger partial charge on any atom is -0.351 e. The highest BCUT2D eigenvalue weighted by Gasteiger charge is 2.30. The van der Waals surface area contributed by atoms with E-state index in [9.17, 15) is 18.0 Å². The molecule has 1 aliphatic carbocycles. The standard InChI is InChI=1S/C15H11N3O4S/c16-23(21,22)13-5-1-4-10-14(13)12(19)7-11(15(10)20)18-9-3-2-6-17-8-9/h1-8,18H,(H2,16,21,22). The molecule has 0 aliphatic heterocycles. The predicted octanol–water partition coefficient (Wildman–Crippen LogP) is 1.10. The molecule has 0 bridgehead atoms. The molecule has 8 heteroatoms. The van der Waals surface area contributed by atoms with Crippen molar-refractivity contribution in [2.24, 2.45) is 5.14 Å². The average molecular weight is 329 g/mol. The number of anilines is 1. The van der Waals surface area contributed by atoms with Gasteiger partial charge in [-0.3, -0.25) is 14.6 Å². The van der Waals surface area contributed by atoms with Crippen LogP contribution in [0.3, 0.4) is 0 Å². The van der Waals surface area contributed by atoms with Crippen molar-refractivity contribution in [3.05, 3.63) is 65.6 Å². The Morgan fingerprint density at radius 1 is 1.09 bits per heavy atom. The lowest BCUT2D eigenvalue weighted by Gasteiger charge is -2.18. The van der Waals surface area contributed by atoms with Crippen molar-refractivity contribution in [2.45, 2.75) is 4.90 Å². The van der Waals surface area contributed by atoms with E-state index >= 15 is 0 Å². The van der Waals surface area contributed by atoms with E-state index in [1.807, 2.05) is 0 Å². The SMILES string of the molecule is NS(=O)(=O)c1cccc2c1C(=O)C=C(Nc1cccnc1)C2=O. The Kier molecular flexibility index (Phi) is 3.55. The second-order valence-corrected chi connectivity index (χ2v) is 6.37. The van der Waals surface area contributed by atoms with E-state index in [4.69, 9.17) is 5.14 Å². The minimum atomic E-state index is -4.11. The van der Waals surface area contributed by atoms with Crippen molar-refractivity contribution in [3.63, 3.8) is 0 Å². The minimum absolute atomic E-state index is 0.00425. The van der Waals surface area contributed by atoms with Gasteiger partial charge in [0.05, 0.1) is 28.0 Å². The fourth-order valence-electron chi connectivity index (χ4n) is 2.31. The van der Waals surface area contributed by atoms with E-state index < -0.39 is 21.6 Å². The molecule has 2 aromatic rings. The summed E-state index contributed by atoms with van der Waals surface area (Å²) in [5, 5.41) is 7.92. The van der Waals surface area contributed by atoms with Crippen LogP contribution in [0.2, 0.25) is 0 Å². The number of aromatic nitrogens is 1. The molecule has 1 aliphatic rings. The van der Waals surface area contributed by atoms with Gasteiger partial charge in [-0.25, -0.2) is 13.6 Å². The lowest BCUT2D eigenvalue weighted by molar-refractivity contribution is 0.0983. The van der Waals surface area contributed by atoms with Crippen molar-refractivity contribution in [3.8, 4) is 0 Å². The molecule has 0 unspecified atom stereocenters. The molecule has 23 heavy (non-hydrogen) atoms. The van der Waals surface area contributed by atoms with E-state index in [0.29, 0.717) is 5.69 Å². The van der Waals surface area contributed by atoms with Gasteiger partial charge >= 0.3 is 0 Å². The van der Waals surface area contributed by atoms with E-state index in [-0.39, 0.29) is 21.7 Å². The van der Waals surface area contributed by atoms with Crippen molar-refractivity contribution in [1.29, 1.82) is 0 Å². The molecule has 0 spiro atoms. The zero-order valence-corrected chi connectivity index (χ0v) is 12.5. The first-order valence-electron chi connectivity index (χ1n) is 6.51. The Balaban J connectivity index is 2.08. The highest BCUT2D eigenvalue weighted by atomic mass is 32.2. The van der Waals surface area contributed by atoms with Crippen LogP contribution in [0.5, 0.6) is 0 Å². The van der Waals surface area contributed by atoms with Crippen molar-refractivity contribution >= 4 is 27.3 Å². The lowest BCUT2D eigenvalue weighted by Crippen LogP contribution is -2.25. The zero-order valence-electron chi connectivity index (χ0n) is 11.7. The third-order valence-corrected chi connectivity index (χ3v) is 4.24. The third kappa shape index (κ3) is 2.77. The fraction of sp³-hybridized carbons (Fsp3) is 0. The third-order valence-electron chi connectivity index (χ3n) is 3.28. The lowest BCUT2D eigenvalue weighted by atomic mass is 9.92. The number of sulfonamides is 1. The molecule has 3 N–H and O–H groups in total. The maximum atomic E-state index is 12.5. The average Bonchev–Trinajstić information content (AvgIpc) is 2.52. The number of hydrogen-bond acceptors (Lipinski definition) is 6. The number of ketones is 2. The first-order valence-corrected chi connectivity index (χ1v) is 8.06. The molecular formula is C15H11N3O4S. The number of nitrogens with one attached hydrogen (secondary N) is 1. The van der Waals surface area contributed by atoms with Gasteiger partial charge in [0.15, 0.2) is 5.78 Å². The normalized spacial score (nSPS) is 14.2. The number of primary sulfonamides is 1. The summed E-state index contributed by atoms with van der Waals surface area (Å²) in [6.45, 7) is 0. The predicted molar refractivity (Wildman–Crippen MR) is 82.4 cm³/mol. The van der Waals surface area contributed by atoms with Gasteiger partial charge in [-0.05, 0) is 18.2 Å². The number of carbonyl (C=O) groups excluding carboxylic acids is 2. The summed E-state index contributed by atoms with van der Waals surface area (Å²) in [7, 11) is -4.11. The molecule has 1 aromatic heterocycles. The smallest absolute Gasteiger partial charge is 0.238 e. The number of fused-ring (bicyclic) bond motifs is 1. The van der Waals surface area contributed by atoms with E-state index in [1.165, 1.54) is 24.4 Å². The molecule has 7 nitrogen and oxygen atoms in total. The summed E-state index contributed by atoms with van der Waals surface area (Å²) in [6, 6.07) is 7.32. The van der Waals surface area contributed by atoms with Crippen molar-refractivity contribution < 1.29 is 18.0 Å². The number of nitrogens with zero attached hydrogens (tertiary/aromatic N) is 1. The summed E-state index contributed by atoms with van der Waals surface area (Å²) < 4.78 is 23.2. The van der Waals surface area contributed by atoms with Crippen LogP contribution in [-0.4, -0.2) is 25.0 Å². The Bertz CT molecular complexity index is 950. The summed E-state index contributed by atoms with van der Waals surface area (Å²) in [4.78, 5) is 28.3. The van der Waals surface area contributed by atoms with Gasteiger partial charge in [0.25, 0.3) is 0 Å². The van der Waals surface area contributed by atoms with Crippen LogP contribution in [0.25, 0.3) is 0 Å². The summed E-state index contributed by atoms with van der Waals surface area (Å²) >= 11 is 0. The maximum Gasteiger partial charge on any atom is 0.238 e. The summed E-state index contributed by atoms with van der Waals surface area (Å²) in [5.74, 6) is -1.09. The van der Waals surface area contributed by atoms with Crippen LogP contribution in [0.15, 0.2) is 59.4 Å². The van der Waals surface area contributed by atoms with Gasteiger partial charge < -0.3 is 5.32 Å². The quantitative estimate of drug-likeness (QED) is 0.870. The van der Waals surface area contributed by atoms with Crippen LogP contribution >= 0.6 is 0 Å². The molecule has 1 heterocycles. The summed E-state index contributed by atoms with van der Waals surface area (Å²) in [6.07, 6.45) is 4.13. The van der Waals surface area contributed by atoms with Gasteiger partial charge in [0.2, 0.25) is 15.8 Å². The second-order valence-electron chi connectivity index (χ2n) is 4.84.